The molecule has 0 aliphatic rings. The monoisotopic (exact) mass is 252 g/mol. The topological polar surface area (TPSA) is 102 Å². The molecular formula is C9H12N6OS. The van der Waals surface area contributed by atoms with E-state index < -0.39 is 0 Å². The Labute approximate surface area is 101 Å². The maximum absolute atomic E-state index is 11.2. The molecule has 90 valence electrons. The Bertz CT molecular complexity index is 589. The fourth-order valence-corrected chi connectivity index (χ4v) is 2.30. The number of anilines is 1. The zero-order chi connectivity index (χ0) is 12.4. The van der Waals surface area contributed by atoms with Gasteiger partial charge in [0.2, 0.25) is 0 Å². The highest BCUT2D eigenvalue weighted by Crippen LogP contribution is 2.28. The van der Waals surface area contributed by atoms with Gasteiger partial charge in [0.05, 0.1) is 0 Å². The summed E-state index contributed by atoms with van der Waals surface area (Å²) in [6.45, 7) is 1.97. The molecule has 17 heavy (non-hydrogen) atoms. The Kier molecular flexibility index (Phi) is 3.14. The number of hydrogen-bond acceptors (Lipinski definition) is 6. The zero-order valence-corrected chi connectivity index (χ0v) is 10.3. The van der Waals surface area contributed by atoms with Crippen molar-refractivity contribution in [2.75, 3.05) is 5.73 Å². The van der Waals surface area contributed by atoms with Gasteiger partial charge in [0.15, 0.2) is 5.16 Å². The molecule has 0 radical (unpaired) electrons. The molecule has 0 aromatic carbocycles. The summed E-state index contributed by atoms with van der Waals surface area (Å²) in [5, 5.41) is 7.54. The lowest BCUT2D eigenvalue weighted by Crippen LogP contribution is -2.13. The van der Waals surface area contributed by atoms with Crippen LogP contribution in [0.15, 0.2) is 21.3 Å². The van der Waals surface area contributed by atoms with Crippen LogP contribution in [-0.2, 0) is 13.5 Å². The average molecular weight is 252 g/mol. The van der Waals surface area contributed by atoms with E-state index in [1.807, 2.05) is 6.92 Å². The molecule has 0 bridgehead atoms. The molecule has 0 fully saturated rings. The van der Waals surface area contributed by atoms with Crippen LogP contribution in [0.2, 0.25) is 0 Å². The molecule has 8 heteroatoms. The molecule has 2 aromatic heterocycles. The number of hydrogen-bond donors (Lipinski definition) is 2. The SMILES string of the molecule is CCc1c(N)ncnc1Sc1n[nH]c(=O)n1C. The molecule has 0 saturated carbocycles. The third-order valence-corrected chi connectivity index (χ3v) is 3.41. The average Bonchev–Trinajstić information content (AvgIpc) is 2.61. The van der Waals surface area contributed by atoms with E-state index in [9.17, 15) is 4.79 Å². The lowest BCUT2D eigenvalue weighted by atomic mass is 10.2. The molecule has 0 amide bonds. The number of nitrogens with one attached hydrogen (secondary N) is 1. The van der Waals surface area contributed by atoms with E-state index in [0.717, 1.165) is 17.0 Å². The summed E-state index contributed by atoms with van der Waals surface area (Å²) >= 11 is 1.29. The number of rotatable bonds is 3. The van der Waals surface area contributed by atoms with Crippen molar-refractivity contribution in [3.8, 4) is 0 Å². The van der Waals surface area contributed by atoms with E-state index >= 15 is 0 Å². The van der Waals surface area contributed by atoms with Gasteiger partial charge in [-0.1, -0.05) is 6.92 Å². The van der Waals surface area contributed by atoms with Crippen molar-refractivity contribution in [1.82, 2.24) is 24.7 Å². The summed E-state index contributed by atoms with van der Waals surface area (Å²) in [7, 11) is 1.64. The Morgan fingerprint density at radius 1 is 1.53 bits per heavy atom. The second-order valence-corrected chi connectivity index (χ2v) is 4.32. The number of nitrogens with two attached hydrogens (primary N) is 1. The minimum atomic E-state index is -0.257. The Morgan fingerprint density at radius 3 is 2.88 bits per heavy atom. The van der Waals surface area contributed by atoms with E-state index in [1.54, 1.807) is 7.05 Å². The highest BCUT2D eigenvalue weighted by atomic mass is 32.2. The van der Waals surface area contributed by atoms with Gasteiger partial charge < -0.3 is 5.73 Å². The van der Waals surface area contributed by atoms with Gasteiger partial charge in [-0.25, -0.2) is 19.9 Å². The van der Waals surface area contributed by atoms with Crippen molar-refractivity contribution in [3.63, 3.8) is 0 Å². The number of nitrogens with zero attached hydrogens (tertiary/aromatic N) is 4. The summed E-state index contributed by atoms with van der Waals surface area (Å²) in [6.07, 6.45) is 2.13. The maximum Gasteiger partial charge on any atom is 0.343 e. The van der Waals surface area contributed by atoms with Crippen molar-refractivity contribution in [2.24, 2.45) is 7.05 Å². The molecule has 0 aliphatic carbocycles. The molecule has 3 N–H and O–H groups in total. The van der Waals surface area contributed by atoms with Crippen LogP contribution < -0.4 is 11.4 Å². The quantitative estimate of drug-likeness (QED) is 0.756. The Balaban J connectivity index is 2.39. The van der Waals surface area contributed by atoms with Crippen molar-refractivity contribution >= 4 is 17.6 Å². The van der Waals surface area contributed by atoms with Gasteiger partial charge in [-0.3, -0.25) is 4.57 Å². The minimum absolute atomic E-state index is 0.257. The summed E-state index contributed by atoms with van der Waals surface area (Å²) in [5.41, 5.74) is 6.38. The molecule has 7 nitrogen and oxygen atoms in total. The van der Waals surface area contributed by atoms with E-state index in [0.29, 0.717) is 11.0 Å². The van der Waals surface area contributed by atoms with Crippen LogP contribution in [0.4, 0.5) is 5.82 Å². The predicted molar refractivity (Wildman–Crippen MR) is 63.8 cm³/mol. The first-order valence-electron chi connectivity index (χ1n) is 5.02. The summed E-state index contributed by atoms with van der Waals surface area (Å²) in [4.78, 5) is 19.3. The van der Waals surface area contributed by atoms with E-state index in [2.05, 4.69) is 20.2 Å². The second-order valence-electron chi connectivity index (χ2n) is 3.37. The number of aromatic nitrogens is 5. The van der Waals surface area contributed by atoms with Gasteiger partial charge in [-0.15, -0.1) is 5.10 Å². The molecule has 2 rings (SSSR count). The van der Waals surface area contributed by atoms with E-state index in [4.69, 9.17) is 5.73 Å². The smallest absolute Gasteiger partial charge is 0.343 e. The van der Waals surface area contributed by atoms with Crippen LogP contribution in [-0.4, -0.2) is 24.7 Å². The maximum atomic E-state index is 11.2. The first kappa shape index (κ1) is 11.6. The highest BCUT2D eigenvalue weighted by Gasteiger charge is 2.12. The van der Waals surface area contributed by atoms with Crippen LogP contribution in [0.25, 0.3) is 0 Å². The van der Waals surface area contributed by atoms with E-state index in [1.165, 1.54) is 22.7 Å². The number of H-pyrrole nitrogens is 1. The predicted octanol–water partition coefficient (Wildman–Crippen LogP) is 0.194. The van der Waals surface area contributed by atoms with Crippen LogP contribution >= 0.6 is 11.8 Å². The van der Waals surface area contributed by atoms with Gasteiger partial charge >= 0.3 is 5.69 Å². The molecule has 2 aromatic rings. The van der Waals surface area contributed by atoms with Crippen molar-refractivity contribution in [3.05, 3.63) is 22.4 Å². The summed E-state index contributed by atoms with van der Waals surface area (Å²) in [5.74, 6) is 0.463. The van der Waals surface area contributed by atoms with Crippen LogP contribution in [0.1, 0.15) is 12.5 Å². The van der Waals surface area contributed by atoms with Gasteiger partial charge in [0, 0.05) is 12.6 Å². The van der Waals surface area contributed by atoms with Crippen LogP contribution in [0, 0.1) is 0 Å². The molecule has 0 aliphatic heterocycles. The largest absolute Gasteiger partial charge is 0.383 e. The Morgan fingerprint density at radius 2 is 2.29 bits per heavy atom. The summed E-state index contributed by atoms with van der Waals surface area (Å²) in [6, 6.07) is 0. The van der Waals surface area contributed by atoms with Crippen molar-refractivity contribution in [1.29, 1.82) is 0 Å². The molecule has 0 unspecified atom stereocenters. The minimum Gasteiger partial charge on any atom is -0.383 e. The normalized spacial score (nSPS) is 10.7. The number of nitrogen functional groups attached to an aromatic ring is 1. The standard InChI is InChI=1S/C9H12N6OS/c1-3-5-6(10)11-4-12-7(5)17-9-14-13-8(16)15(9)2/h4H,3H2,1-2H3,(H,13,16)(H2,10,11,12). The van der Waals surface area contributed by atoms with Gasteiger partial charge in [-0.2, -0.15) is 0 Å². The zero-order valence-electron chi connectivity index (χ0n) is 9.47. The van der Waals surface area contributed by atoms with Crippen LogP contribution in [0.3, 0.4) is 0 Å². The Hall–Kier alpha value is -1.83. The van der Waals surface area contributed by atoms with Gasteiger partial charge in [0.1, 0.15) is 17.2 Å². The molecule has 0 saturated heterocycles. The fourth-order valence-electron chi connectivity index (χ4n) is 1.34. The van der Waals surface area contributed by atoms with Crippen molar-refractivity contribution < 1.29 is 0 Å². The lowest BCUT2D eigenvalue weighted by Gasteiger charge is -2.06. The molecule has 0 spiro atoms. The first-order valence-corrected chi connectivity index (χ1v) is 5.83. The fraction of sp³-hybridized carbons (Fsp3) is 0.333. The highest BCUT2D eigenvalue weighted by molar-refractivity contribution is 7.99. The third-order valence-electron chi connectivity index (χ3n) is 2.32. The third kappa shape index (κ3) is 2.16. The van der Waals surface area contributed by atoms with Crippen LogP contribution in [0.5, 0.6) is 0 Å². The van der Waals surface area contributed by atoms with E-state index in [-0.39, 0.29) is 5.69 Å². The second kappa shape index (κ2) is 4.58. The van der Waals surface area contributed by atoms with Crippen molar-refractivity contribution in [2.45, 2.75) is 23.5 Å². The summed E-state index contributed by atoms with van der Waals surface area (Å²) < 4.78 is 1.42. The lowest BCUT2D eigenvalue weighted by molar-refractivity contribution is 0.763. The first-order chi connectivity index (χ1) is 8.13. The molecule has 0 atom stereocenters. The van der Waals surface area contributed by atoms with Gasteiger partial charge in [-0.05, 0) is 18.2 Å². The molecule has 2 heterocycles. The number of aromatic amines is 1. The molecular weight excluding hydrogens is 240 g/mol. The van der Waals surface area contributed by atoms with Gasteiger partial charge in [0.25, 0.3) is 0 Å².